The van der Waals surface area contributed by atoms with Crippen LogP contribution in [0.25, 0.3) is 0 Å². The second-order valence-corrected chi connectivity index (χ2v) is 4.73. The van der Waals surface area contributed by atoms with E-state index in [-0.39, 0.29) is 5.56 Å². The maximum Gasteiger partial charge on any atom is 0.255 e. The molecule has 0 atom stereocenters. The van der Waals surface area contributed by atoms with Crippen LogP contribution in [0.3, 0.4) is 0 Å². The maximum atomic E-state index is 13.4. The Kier molecular flexibility index (Phi) is 4.68. The number of ether oxygens (including phenoxy) is 1. The number of aromatic nitrogens is 1. The minimum atomic E-state index is -0.492. The first-order valence-corrected chi connectivity index (χ1v) is 6.75. The summed E-state index contributed by atoms with van der Waals surface area (Å²) < 4.78 is 19.0. The minimum Gasteiger partial charge on any atom is -0.476 e. The van der Waals surface area contributed by atoms with Crippen LogP contribution in [0.15, 0.2) is 41.0 Å². The molecule has 0 spiro atoms. The van der Waals surface area contributed by atoms with Crippen molar-refractivity contribution in [1.29, 1.82) is 0 Å². The first kappa shape index (κ1) is 14.5. The molecule has 1 aromatic carbocycles. The molecule has 0 bridgehead atoms. The summed E-state index contributed by atoms with van der Waals surface area (Å²) in [5.74, 6) is -0.583. The molecule has 0 aliphatic heterocycles. The average Bonchev–Trinajstić information content (AvgIpc) is 2.44. The summed E-state index contributed by atoms with van der Waals surface area (Å²) in [6.45, 7) is 2.26. The average molecular weight is 339 g/mol. The highest BCUT2D eigenvalue weighted by atomic mass is 79.9. The highest BCUT2D eigenvalue weighted by Crippen LogP contribution is 2.22. The topological polar surface area (TPSA) is 51.2 Å². The predicted molar refractivity (Wildman–Crippen MR) is 77.5 cm³/mol. The van der Waals surface area contributed by atoms with E-state index in [9.17, 15) is 9.18 Å². The lowest BCUT2D eigenvalue weighted by molar-refractivity contribution is 0.102. The Morgan fingerprint density at radius 3 is 2.95 bits per heavy atom. The Labute approximate surface area is 124 Å². The first-order valence-electron chi connectivity index (χ1n) is 5.96. The lowest BCUT2D eigenvalue weighted by atomic mass is 10.2. The van der Waals surface area contributed by atoms with E-state index in [0.717, 1.165) is 6.07 Å². The van der Waals surface area contributed by atoms with Gasteiger partial charge in [0.2, 0.25) is 5.88 Å². The number of amides is 1. The van der Waals surface area contributed by atoms with Crippen LogP contribution < -0.4 is 10.1 Å². The van der Waals surface area contributed by atoms with E-state index in [2.05, 4.69) is 26.2 Å². The van der Waals surface area contributed by atoms with Crippen LogP contribution >= 0.6 is 15.9 Å². The molecule has 0 radical (unpaired) electrons. The van der Waals surface area contributed by atoms with Gasteiger partial charge < -0.3 is 10.1 Å². The number of nitrogens with zero attached hydrogens (tertiary/aromatic N) is 1. The molecule has 0 aliphatic rings. The number of hydrogen-bond donors (Lipinski definition) is 1. The van der Waals surface area contributed by atoms with Crippen LogP contribution in [0.4, 0.5) is 10.1 Å². The van der Waals surface area contributed by atoms with Crippen molar-refractivity contribution < 1.29 is 13.9 Å². The van der Waals surface area contributed by atoms with E-state index < -0.39 is 11.7 Å². The van der Waals surface area contributed by atoms with E-state index in [4.69, 9.17) is 4.74 Å². The Morgan fingerprint density at radius 1 is 1.45 bits per heavy atom. The van der Waals surface area contributed by atoms with Crippen LogP contribution in [0, 0.1) is 5.82 Å². The van der Waals surface area contributed by atoms with Crippen LogP contribution in [0.2, 0.25) is 0 Å². The highest BCUT2D eigenvalue weighted by molar-refractivity contribution is 9.10. The van der Waals surface area contributed by atoms with Crippen molar-refractivity contribution in [2.45, 2.75) is 6.92 Å². The number of carbonyl (C=O) groups is 1. The van der Waals surface area contributed by atoms with Crippen molar-refractivity contribution in [3.8, 4) is 5.88 Å². The minimum absolute atomic E-state index is 0.219. The molecule has 0 saturated carbocycles. The smallest absolute Gasteiger partial charge is 0.255 e. The number of hydrogen-bond acceptors (Lipinski definition) is 3. The molecule has 104 valence electrons. The summed E-state index contributed by atoms with van der Waals surface area (Å²) in [6.07, 6.45) is 1.57. The van der Waals surface area contributed by atoms with Gasteiger partial charge in [-0.1, -0.05) is 0 Å². The third-order valence-corrected chi connectivity index (χ3v) is 3.13. The zero-order valence-corrected chi connectivity index (χ0v) is 12.3. The highest BCUT2D eigenvalue weighted by Gasteiger charge is 2.12. The van der Waals surface area contributed by atoms with Crippen molar-refractivity contribution in [2.24, 2.45) is 0 Å². The number of halogens is 2. The van der Waals surface area contributed by atoms with Gasteiger partial charge in [-0.3, -0.25) is 4.79 Å². The molecule has 1 heterocycles. The SMILES string of the molecule is CCOc1ncccc1NC(=O)c1ccc(Br)c(F)c1. The van der Waals surface area contributed by atoms with Crippen molar-refractivity contribution in [2.75, 3.05) is 11.9 Å². The van der Waals surface area contributed by atoms with E-state index in [1.54, 1.807) is 18.3 Å². The predicted octanol–water partition coefficient (Wildman–Crippen LogP) is 3.63. The van der Waals surface area contributed by atoms with E-state index in [1.165, 1.54) is 12.1 Å². The van der Waals surface area contributed by atoms with Crippen molar-refractivity contribution >= 4 is 27.5 Å². The monoisotopic (exact) mass is 338 g/mol. The molecule has 0 saturated heterocycles. The molecule has 0 unspecified atom stereocenters. The van der Waals surface area contributed by atoms with Gasteiger partial charge in [-0.05, 0) is 53.2 Å². The summed E-state index contributed by atoms with van der Waals surface area (Å²) in [4.78, 5) is 16.1. The van der Waals surface area contributed by atoms with Gasteiger partial charge in [0, 0.05) is 11.8 Å². The van der Waals surface area contributed by atoms with Gasteiger partial charge in [0.15, 0.2) is 0 Å². The van der Waals surface area contributed by atoms with Crippen LogP contribution in [-0.2, 0) is 0 Å². The third-order valence-electron chi connectivity index (χ3n) is 2.48. The Balaban J connectivity index is 2.21. The Hall–Kier alpha value is -1.95. The summed E-state index contributed by atoms with van der Waals surface area (Å²) in [5, 5.41) is 2.65. The van der Waals surface area contributed by atoms with Gasteiger partial charge in [0.1, 0.15) is 11.5 Å². The molecule has 2 aromatic rings. The zero-order chi connectivity index (χ0) is 14.5. The van der Waals surface area contributed by atoms with Crippen molar-refractivity contribution in [1.82, 2.24) is 4.98 Å². The third kappa shape index (κ3) is 3.33. The molecule has 0 aliphatic carbocycles. The van der Waals surface area contributed by atoms with Crippen molar-refractivity contribution in [3.05, 3.63) is 52.4 Å². The second-order valence-electron chi connectivity index (χ2n) is 3.87. The van der Waals surface area contributed by atoms with E-state index in [1.807, 2.05) is 6.92 Å². The summed E-state index contributed by atoms with van der Waals surface area (Å²) in [6, 6.07) is 7.53. The molecule has 1 aromatic heterocycles. The molecule has 1 N–H and O–H groups in total. The van der Waals surface area contributed by atoms with Gasteiger partial charge >= 0.3 is 0 Å². The fraction of sp³-hybridized carbons (Fsp3) is 0.143. The van der Waals surface area contributed by atoms with Gasteiger partial charge in [-0.2, -0.15) is 0 Å². The Bertz CT molecular complexity index is 634. The van der Waals surface area contributed by atoms with Gasteiger partial charge in [-0.15, -0.1) is 0 Å². The summed E-state index contributed by atoms with van der Waals surface area (Å²) >= 11 is 3.04. The molecule has 1 amide bonds. The van der Waals surface area contributed by atoms with Crippen LogP contribution in [0.1, 0.15) is 17.3 Å². The zero-order valence-electron chi connectivity index (χ0n) is 10.7. The lowest BCUT2D eigenvalue weighted by Gasteiger charge is -2.10. The largest absolute Gasteiger partial charge is 0.476 e. The molecule has 20 heavy (non-hydrogen) atoms. The van der Waals surface area contributed by atoms with Gasteiger partial charge in [-0.25, -0.2) is 9.37 Å². The van der Waals surface area contributed by atoms with Gasteiger partial charge in [0.25, 0.3) is 5.91 Å². The standard InChI is InChI=1S/C14H12BrFN2O2/c1-2-20-14-12(4-3-7-17-14)18-13(19)9-5-6-10(15)11(16)8-9/h3-8H,2H2,1H3,(H,18,19). The van der Waals surface area contributed by atoms with Crippen LogP contribution in [0.5, 0.6) is 5.88 Å². The number of benzene rings is 1. The van der Waals surface area contributed by atoms with Crippen molar-refractivity contribution in [3.63, 3.8) is 0 Å². The molecular weight excluding hydrogens is 327 g/mol. The Morgan fingerprint density at radius 2 is 2.25 bits per heavy atom. The van der Waals surface area contributed by atoms with Crippen LogP contribution in [-0.4, -0.2) is 17.5 Å². The number of rotatable bonds is 4. The van der Waals surface area contributed by atoms with Gasteiger partial charge in [0.05, 0.1) is 11.1 Å². The molecule has 2 rings (SSSR count). The number of nitrogens with one attached hydrogen (secondary N) is 1. The fourth-order valence-electron chi connectivity index (χ4n) is 1.57. The number of carbonyl (C=O) groups excluding carboxylic acids is 1. The lowest BCUT2D eigenvalue weighted by Crippen LogP contribution is -2.13. The summed E-state index contributed by atoms with van der Waals surface area (Å²) in [7, 11) is 0. The molecule has 6 heteroatoms. The number of anilines is 1. The normalized spacial score (nSPS) is 10.2. The molecule has 0 fully saturated rings. The van der Waals surface area contributed by atoms with E-state index in [0.29, 0.717) is 22.6 Å². The first-order chi connectivity index (χ1) is 9.61. The maximum absolute atomic E-state index is 13.4. The second kappa shape index (κ2) is 6.47. The molecule has 4 nitrogen and oxygen atoms in total. The fourth-order valence-corrected chi connectivity index (χ4v) is 1.82. The number of pyridine rings is 1. The quantitative estimate of drug-likeness (QED) is 0.925. The molecular formula is C14H12BrFN2O2. The van der Waals surface area contributed by atoms with E-state index >= 15 is 0 Å². The summed E-state index contributed by atoms with van der Waals surface area (Å²) in [5.41, 5.74) is 0.666.